The van der Waals surface area contributed by atoms with E-state index in [2.05, 4.69) is 14.8 Å². The molecule has 0 saturated carbocycles. The average Bonchev–Trinajstić information content (AvgIpc) is 3.22. The molecule has 2 aliphatic rings. The van der Waals surface area contributed by atoms with Crippen LogP contribution in [-0.4, -0.2) is 18.6 Å². The minimum Gasteiger partial charge on any atom is -0.345 e. The van der Waals surface area contributed by atoms with Crippen molar-refractivity contribution in [2.45, 2.75) is 13.0 Å². The summed E-state index contributed by atoms with van der Waals surface area (Å²) in [5.41, 5.74) is 0.434. The van der Waals surface area contributed by atoms with Crippen molar-refractivity contribution in [3.05, 3.63) is 99.3 Å². The van der Waals surface area contributed by atoms with Crippen LogP contribution in [0, 0.1) is 11.6 Å². The molecule has 0 saturated heterocycles. The molecular formula is C21H17ClF2N4O3S2. The van der Waals surface area contributed by atoms with Crippen molar-refractivity contribution in [2.24, 2.45) is 0 Å². The molecule has 1 atom stereocenters. The minimum atomic E-state index is -4.10. The number of anilines is 1. The van der Waals surface area contributed by atoms with Gasteiger partial charge in [0.25, 0.3) is 15.9 Å². The number of fused-ring (bicyclic) bond motifs is 1. The number of allylic oxidation sites excluding steroid dienone is 2. The first-order valence-corrected chi connectivity index (χ1v) is 12.2. The maximum absolute atomic E-state index is 14.1. The number of sulfonamides is 1. The second-order valence-electron chi connectivity index (χ2n) is 7.09. The van der Waals surface area contributed by atoms with E-state index in [4.69, 9.17) is 11.6 Å². The summed E-state index contributed by atoms with van der Waals surface area (Å²) in [5, 5.41) is 2.80. The first-order chi connectivity index (χ1) is 15.7. The lowest BCUT2D eigenvalue weighted by molar-refractivity contribution is 0.0940. The predicted molar refractivity (Wildman–Crippen MR) is 124 cm³/mol. The zero-order chi connectivity index (χ0) is 23.8. The van der Waals surface area contributed by atoms with E-state index in [0.717, 1.165) is 12.1 Å². The second-order valence-corrected chi connectivity index (χ2v) is 9.99. The lowest BCUT2D eigenvalue weighted by Gasteiger charge is -2.21. The van der Waals surface area contributed by atoms with E-state index < -0.39 is 33.6 Å². The highest BCUT2D eigenvalue weighted by atomic mass is 35.5. The molecule has 1 amide bonds. The van der Waals surface area contributed by atoms with Crippen molar-refractivity contribution in [3.63, 3.8) is 0 Å². The van der Waals surface area contributed by atoms with Gasteiger partial charge in [0.1, 0.15) is 16.5 Å². The van der Waals surface area contributed by atoms with E-state index in [1.807, 2.05) is 0 Å². The van der Waals surface area contributed by atoms with Gasteiger partial charge in [-0.2, -0.15) is 0 Å². The molecule has 0 aliphatic carbocycles. The zero-order valence-corrected chi connectivity index (χ0v) is 19.4. The number of carbonyl (C=O) groups excluding carboxylic acids is 1. The van der Waals surface area contributed by atoms with E-state index in [1.54, 1.807) is 22.8 Å². The number of nitrogens with one attached hydrogen (secondary N) is 3. The largest absolute Gasteiger partial charge is 0.345 e. The maximum Gasteiger partial charge on any atom is 0.264 e. The third kappa shape index (κ3) is 4.85. The van der Waals surface area contributed by atoms with E-state index in [1.165, 1.54) is 49.4 Å². The third-order valence-electron chi connectivity index (χ3n) is 4.84. The summed E-state index contributed by atoms with van der Waals surface area (Å²) < 4.78 is 60.5. The van der Waals surface area contributed by atoms with Gasteiger partial charge in [0.05, 0.1) is 35.1 Å². The molecule has 33 heavy (non-hydrogen) atoms. The number of rotatable bonds is 6. The van der Waals surface area contributed by atoms with Gasteiger partial charge in [0.15, 0.2) is 0 Å². The lowest BCUT2D eigenvalue weighted by atomic mass is 10.1. The molecule has 0 aromatic heterocycles. The Morgan fingerprint density at radius 2 is 2.00 bits per heavy atom. The zero-order valence-electron chi connectivity index (χ0n) is 17.0. The van der Waals surface area contributed by atoms with Gasteiger partial charge in [-0.1, -0.05) is 17.7 Å². The summed E-state index contributed by atoms with van der Waals surface area (Å²) in [4.78, 5) is 12.9. The Labute approximate surface area is 198 Å². The van der Waals surface area contributed by atoms with Crippen LogP contribution in [0.15, 0.2) is 71.6 Å². The van der Waals surface area contributed by atoms with E-state index in [-0.39, 0.29) is 26.7 Å². The van der Waals surface area contributed by atoms with Gasteiger partial charge in [-0.15, -0.1) is 0 Å². The summed E-state index contributed by atoms with van der Waals surface area (Å²) in [6, 6.07) is 6.33. The summed E-state index contributed by atoms with van der Waals surface area (Å²) in [6.07, 6.45) is 6.26. The molecule has 7 nitrogen and oxygen atoms in total. The van der Waals surface area contributed by atoms with Crippen LogP contribution in [0.3, 0.4) is 0 Å². The van der Waals surface area contributed by atoms with Crippen LogP contribution >= 0.6 is 23.7 Å². The van der Waals surface area contributed by atoms with Crippen molar-refractivity contribution < 1.29 is 22.0 Å². The maximum atomic E-state index is 14.1. The van der Waals surface area contributed by atoms with Gasteiger partial charge >= 0.3 is 0 Å². The Morgan fingerprint density at radius 3 is 2.76 bits per heavy atom. The van der Waals surface area contributed by atoms with Crippen molar-refractivity contribution >= 4 is 45.4 Å². The average molecular weight is 511 g/mol. The summed E-state index contributed by atoms with van der Waals surface area (Å²) in [6.45, 7) is 1.53. The van der Waals surface area contributed by atoms with Crippen LogP contribution < -0.4 is 14.8 Å². The highest BCUT2D eigenvalue weighted by molar-refractivity contribution is 7.97. The molecule has 4 rings (SSSR count). The van der Waals surface area contributed by atoms with E-state index in [0.29, 0.717) is 5.70 Å². The van der Waals surface area contributed by atoms with Crippen LogP contribution in [0.25, 0.3) is 0 Å². The van der Waals surface area contributed by atoms with E-state index in [9.17, 15) is 22.0 Å². The number of benzene rings is 2. The smallest absolute Gasteiger partial charge is 0.264 e. The van der Waals surface area contributed by atoms with Gasteiger partial charge in [-0.3, -0.25) is 13.8 Å². The van der Waals surface area contributed by atoms with Crippen molar-refractivity contribution in [2.75, 3.05) is 4.72 Å². The third-order valence-corrected chi connectivity index (χ3v) is 7.23. The highest BCUT2D eigenvalue weighted by Gasteiger charge is 2.30. The molecule has 12 heteroatoms. The fourth-order valence-electron chi connectivity index (χ4n) is 3.27. The van der Waals surface area contributed by atoms with E-state index >= 15 is 0 Å². The van der Waals surface area contributed by atoms with Gasteiger partial charge in [0.2, 0.25) is 0 Å². The normalized spacial score (nSPS) is 15.8. The fourth-order valence-corrected chi connectivity index (χ4v) is 5.41. The number of hydrogen-bond donors (Lipinski definition) is 3. The number of carbonyl (C=O) groups is 1. The Balaban J connectivity index is 1.60. The Morgan fingerprint density at radius 1 is 1.21 bits per heavy atom. The van der Waals surface area contributed by atoms with Crippen LogP contribution in [0.2, 0.25) is 5.02 Å². The van der Waals surface area contributed by atoms with Gasteiger partial charge in [0, 0.05) is 29.1 Å². The SMILES string of the molecule is C[C@@H](NC(=O)c1ccc(Cl)cc1NS(=O)(=O)C1=CC=CN2SNC=C12)c1ccc(F)cc1F. The Bertz CT molecular complexity index is 1330. The number of amides is 1. The lowest BCUT2D eigenvalue weighted by Crippen LogP contribution is -2.29. The quantitative estimate of drug-likeness (QED) is 0.493. The molecule has 0 bridgehead atoms. The fraction of sp³-hybridized carbons (Fsp3) is 0.0952. The Kier molecular flexibility index (Phi) is 6.37. The molecule has 172 valence electrons. The molecule has 0 unspecified atom stereocenters. The van der Waals surface area contributed by atoms with Crippen LogP contribution in [0.4, 0.5) is 14.5 Å². The standard InChI is InChI=1S/C21H17ClF2N4O3S2/c1-12(15-7-5-14(23)10-17(15)24)26-21(29)16-6-4-13(22)9-18(16)27-33(30,31)20-3-2-8-28-19(20)11-25-32-28/h2-12,25,27H,1H3,(H,26,29)/t12-/m1/s1. The number of nitrogens with zero attached hydrogens (tertiary/aromatic N) is 1. The highest BCUT2D eigenvalue weighted by Crippen LogP contribution is 2.34. The van der Waals surface area contributed by atoms with Gasteiger partial charge in [-0.05, 0) is 43.3 Å². The molecule has 0 radical (unpaired) electrons. The molecule has 2 heterocycles. The molecule has 0 spiro atoms. The predicted octanol–water partition coefficient (Wildman–Crippen LogP) is 4.57. The molecule has 2 aliphatic heterocycles. The topological polar surface area (TPSA) is 90.5 Å². The van der Waals surface area contributed by atoms with Crippen molar-refractivity contribution in [1.29, 1.82) is 0 Å². The molecule has 3 N–H and O–H groups in total. The Hall–Kier alpha value is -3.02. The molecule has 2 aromatic rings. The van der Waals surface area contributed by atoms with Crippen molar-refractivity contribution in [1.82, 2.24) is 14.3 Å². The number of hydrogen-bond acceptors (Lipinski definition) is 6. The number of halogens is 3. The summed E-state index contributed by atoms with van der Waals surface area (Å²) in [5.74, 6) is -2.21. The second kappa shape index (κ2) is 9.08. The summed E-state index contributed by atoms with van der Waals surface area (Å²) in [7, 11) is -4.10. The van der Waals surface area contributed by atoms with Crippen molar-refractivity contribution in [3.8, 4) is 0 Å². The molecule has 2 aromatic carbocycles. The van der Waals surface area contributed by atoms with Crippen LogP contribution in [0.5, 0.6) is 0 Å². The molecule has 0 fully saturated rings. The van der Waals surface area contributed by atoms with Gasteiger partial charge < -0.3 is 10.0 Å². The summed E-state index contributed by atoms with van der Waals surface area (Å²) >= 11 is 7.25. The minimum absolute atomic E-state index is 0.00409. The first kappa shape index (κ1) is 23.1. The van der Waals surface area contributed by atoms with Crippen LogP contribution in [0.1, 0.15) is 28.9 Å². The van der Waals surface area contributed by atoms with Crippen LogP contribution in [-0.2, 0) is 10.0 Å². The first-order valence-electron chi connectivity index (χ1n) is 9.54. The van der Waals surface area contributed by atoms with Gasteiger partial charge in [-0.25, -0.2) is 17.2 Å². The molecular weight excluding hydrogens is 494 g/mol. The monoisotopic (exact) mass is 510 g/mol.